The number of imidazole rings is 1. The summed E-state index contributed by atoms with van der Waals surface area (Å²) in [7, 11) is 0. The number of allylic oxidation sites excluding steroid dienone is 1. The van der Waals surface area contributed by atoms with E-state index in [1.807, 2.05) is 18.2 Å². The second-order valence-corrected chi connectivity index (χ2v) is 6.03. The lowest BCUT2D eigenvalue weighted by Crippen LogP contribution is -2.22. The fourth-order valence-corrected chi connectivity index (χ4v) is 3.18. The van der Waals surface area contributed by atoms with E-state index in [2.05, 4.69) is 25.3 Å². The molecule has 0 radical (unpaired) electrons. The van der Waals surface area contributed by atoms with Gasteiger partial charge in [-0.3, -0.25) is 0 Å². The van der Waals surface area contributed by atoms with Gasteiger partial charge in [-0.25, -0.2) is 9.98 Å². The van der Waals surface area contributed by atoms with Gasteiger partial charge in [0.15, 0.2) is 5.82 Å². The van der Waals surface area contributed by atoms with Crippen LogP contribution in [0.15, 0.2) is 23.3 Å². The van der Waals surface area contributed by atoms with Crippen LogP contribution < -0.4 is 5.32 Å². The summed E-state index contributed by atoms with van der Waals surface area (Å²) in [6.07, 6.45) is 11.5. The summed E-state index contributed by atoms with van der Waals surface area (Å²) in [6.45, 7) is 0. The Hall–Kier alpha value is -2.63. The zero-order valence-electron chi connectivity index (χ0n) is 12.8. The first kappa shape index (κ1) is 14.0. The Balaban J connectivity index is 1.56. The van der Waals surface area contributed by atoms with Crippen molar-refractivity contribution >= 4 is 29.6 Å². The van der Waals surface area contributed by atoms with Crippen LogP contribution in [0.4, 0.5) is 11.8 Å². The van der Waals surface area contributed by atoms with Crippen molar-refractivity contribution in [3.63, 3.8) is 0 Å². The zero-order chi connectivity index (χ0) is 15.6. The summed E-state index contributed by atoms with van der Waals surface area (Å²) in [6, 6.07) is 4.28. The van der Waals surface area contributed by atoms with E-state index in [4.69, 9.17) is 0 Å². The van der Waals surface area contributed by atoms with Crippen LogP contribution in [0.25, 0.3) is 11.6 Å². The maximum Gasteiger partial charge on any atom is 0.238 e. The molecule has 1 aliphatic carbocycles. The van der Waals surface area contributed by atoms with E-state index >= 15 is 0 Å². The maximum atomic E-state index is 10.1. The summed E-state index contributed by atoms with van der Waals surface area (Å²) in [4.78, 5) is 15.8. The summed E-state index contributed by atoms with van der Waals surface area (Å²) in [5.74, 6) is 1.34. The van der Waals surface area contributed by atoms with E-state index in [-0.39, 0.29) is 5.88 Å². The molecule has 0 bridgehead atoms. The molecular formula is C17H19N5O. The Bertz CT molecular complexity index is 771. The van der Waals surface area contributed by atoms with Crippen LogP contribution in [0, 0.1) is 0 Å². The third kappa shape index (κ3) is 2.84. The summed E-state index contributed by atoms with van der Waals surface area (Å²) < 4.78 is 0. The number of pyridine rings is 1. The molecule has 2 aliphatic rings. The number of aromatic hydroxyl groups is 1. The summed E-state index contributed by atoms with van der Waals surface area (Å²) in [5.41, 5.74) is 2.46. The lowest BCUT2D eigenvalue weighted by Gasteiger charge is -2.22. The number of fused-ring (bicyclic) bond motifs is 1. The van der Waals surface area contributed by atoms with Crippen LogP contribution in [0.1, 0.15) is 43.4 Å². The highest BCUT2D eigenvalue weighted by atomic mass is 16.3. The third-order valence-corrected chi connectivity index (χ3v) is 4.38. The van der Waals surface area contributed by atoms with Crippen LogP contribution >= 0.6 is 0 Å². The molecule has 23 heavy (non-hydrogen) atoms. The van der Waals surface area contributed by atoms with Crippen LogP contribution in [0.3, 0.4) is 0 Å². The monoisotopic (exact) mass is 309 g/mol. The maximum absolute atomic E-state index is 10.1. The van der Waals surface area contributed by atoms with Crippen molar-refractivity contribution in [2.24, 2.45) is 4.99 Å². The molecular weight excluding hydrogens is 290 g/mol. The van der Waals surface area contributed by atoms with Crippen molar-refractivity contribution in [2.45, 2.75) is 38.1 Å². The largest absolute Gasteiger partial charge is 0.492 e. The number of nitrogens with zero attached hydrogens (tertiary/aromatic N) is 3. The molecule has 3 heterocycles. The highest BCUT2D eigenvalue weighted by molar-refractivity contribution is 6.20. The van der Waals surface area contributed by atoms with E-state index in [0.717, 1.165) is 24.0 Å². The predicted octanol–water partition coefficient (Wildman–Crippen LogP) is 3.51. The molecule has 3 N–H and O–H groups in total. The van der Waals surface area contributed by atoms with Gasteiger partial charge in [0.05, 0.1) is 0 Å². The minimum atomic E-state index is 0.00143. The number of rotatable bonds is 3. The molecule has 0 atom stereocenters. The first-order valence-electron chi connectivity index (χ1n) is 8.06. The molecule has 1 fully saturated rings. The molecule has 1 aliphatic heterocycles. The van der Waals surface area contributed by atoms with Crippen LogP contribution in [-0.4, -0.2) is 32.3 Å². The number of hydrogen-bond donors (Lipinski definition) is 3. The van der Waals surface area contributed by atoms with Gasteiger partial charge in [-0.15, -0.1) is 0 Å². The fraction of sp³-hybridized carbons (Fsp3) is 0.353. The second kappa shape index (κ2) is 5.87. The van der Waals surface area contributed by atoms with Gasteiger partial charge in [0.25, 0.3) is 0 Å². The van der Waals surface area contributed by atoms with E-state index in [1.54, 1.807) is 12.4 Å². The Morgan fingerprint density at radius 1 is 1.26 bits per heavy atom. The van der Waals surface area contributed by atoms with Crippen LogP contribution in [0.2, 0.25) is 0 Å². The summed E-state index contributed by atoms with van der Waals surface area (Å²) >= 11 is 0. The first-order chi connectivity index (χ1) is 11.3. The SMILES string of the molecule is Oc1nc(NC2CCCCC2)[nH]c1C=C1C=Nc2ncccc21. The van der Waals surface area contributed by atoms with Crippen molar-refractivity contribution in [2.75, 3.05) is 5.32 Å². The minimum Gasteiger partial charge on any atom is -0.492 e. The van der Waals surface area contributed by atoms with Gasteiger partial charge in [0.2, 0.25) is 11.8 Å². The molecule has 0 aromatic carbocycles. The molecule has 118 valence electrons. The number of aromatic amines is 1. The standard InChI is InChI=1S/C17H19N5O/c23-16-14(9-11-10-19-15-13(11)7-4-8-18-15)21-17(22-16)20-12-5-2-1-3-6-12/h4,7-10,12,23H,1-3,5-6H2,(H2,20,21,22). The average molecular weight is 309 g/mol. The Labute approximate surface area is 134 Å². The summed E-state index contributed by atoms with van der Waals surface area (Å²) in [5, 5.41) is 13.5. The molecule has 0 saturated heterocycles. The van der Waals surface area contributed by atoms with Crippen molar-refractivity contribution in [1.82, 2.24) is 15.0 Å². The number of nitrogens with one attached hydrogen (secondary N) is 2. The molecule has 2 aromatic rings. The van der Waals surface area contributed by atoms with Gasteiger partial charge in [0.1, 0.15) is 5.69 Å². The average Bonchev–Trinajstić information content (AvgIpc) is 3.13. The molecule has 1 saturated carbocycles. The number of anilines is 1. The van der Waals surface area contributed by atoms with Crippen LogP contribution in [0.5, 0.6) is 5.88 Å². The van der Waals surface area contributed by atoms with Gasteiger partial charge in [-0.05, 0) is 31.1 Å². The Kier molecular flexibility index (Phi) is 3.57. The molecule has 0 unspecified atom stereocenters. The first-order valence-corrected chi connectivity index (χ1v) is 8.06. The van der Waals surface area contributed by atoms with Crippen molar-refractivity contribution in [3.8, 4) is 5.88 Å². The number of aliphatic imine (C=N–C) groups is 1. The lowest BCUT2D eigenvalue weighted by atomic mass is 9.96. The van der Waals surface area contributed by atoms with Gasteiger partial charge in [-0.1, -0.05) is 19.3 Å². The van der Waals surface area contributed by atoms with Gasteiger partial charge >= 0.3 is 0 Å². The van der Waals surface area contributed by atoms with E-state index in [9.17, 15) is 5.11 Å². The molecule has 2 aromatic heterocycles. The normalized spacial score (nSPS) is 19.2. The highest BCUT2D eigenvalue weighted by Crippen LogP contribution is 2.32. The second-order valence-electron chi connectivity index (χ2n) is 6.03. The van der Waals surface area contributed by atoms with E-state index in [0.29, 0.717) is 23.5 Å². The Morgan fingerprint density at radius 3 is 3.00 bits per heavy atom. The minimum absolute atomic E-state index is 0.00143. The molecule has 0 amide bonds. The predicted molar refractivity (Wildman–Crippen MR) is 91.0 cm³/mol. The van der Waals surface area contributed by atoms with Crippen molar-refractivity contribution in [1.29, 1.82) is 0 Å². The third-order valence-electron chi connectivity index (χ3n) is 4.38. The van der Waals surface area contributed by atoms with E-state index in [1.165, 1.54) is 19.3 Å². The topological polar surface area (TPSA) is 86.2 Å². The van der Waals surface area contributed by atoms with Gasteiger partial charge in [-0.2, -0.15) is 4.98 Å². The van der Waals surface area contributed by atoms with Gasteiger partial charge in [0, 0.05) is 29.6 Å². The number of H-pyrrole nitrogens is 1. The zero-order valence-corrected chi connectivity index (χ0v) is 12.8. The van der Waals surface area contributed by atoms with E-state index < -0.39 is 0 Å². The van der Waals surface area contributed by atoms with Crippen molar-refractivity contribution in [3.05, 3.63) is 29.6 Å². The molecule has 6 nitrogen and oxygen atoms in total. The fourth-order valence-electron chi connectivity index (χ4n) is 3.18. The molecule has 0 spiro atoms. The Morgan fingerprint density at radius 2 is 2.13 bits per heavy atom. The molecule has 4 rings (SSSR count). The van der Waals surface area contributed by atoms with Crippen LogP contribution in [-0.2, 0) is 0 Å². The quantitative estimate of drug-likeness (QED) is 0.809. The lowest BCUT2D eigenvalue weighted by molar-refractivity contribution is 0.452. The van der Waals surface area contributed by atoms with Crippen molar-refractivity contribution < 1.29 is 5.11 Å². The highest BCUT2D eigenvalue weighted by Gasteiger charge is 2.17. The van der Waals surface area contributed by atoms with Gasteiger partial charge < -0.3 is 15.4 Å². The smallest absolute Gasteiger partial charge is 0.238 e. The number of hydrogen-bond acceptors (Lipinski definition) is 5. The number of aromatic nitrogens is 3. The molecule has 6 heteroatoms.